The molecule has 0 aliphatic rings. The lowest BCUT2D eigenvalue weighted by Gasteiger charge is -2.17. The minimum Gasteiger partial charge on any atom is -0.369 e. The fourth-order valence-corrected chi connectivity index (χ4v) is 4.45. The molecule has 0 atom stereocenters. The predicted octanol–water partition coefficient (Wildman–Crippen LogP) is 5.30. The molecule has 0 unspecified atom stereocenters. The molecular formula is C18H19Cl2F3N5O2P. The quantitative estimate of drug-likeness (QED) is 0.282. The molecule has 0 fully saturated rings. The lowest BCUT2D eigenvalue weighted by molar-refractivity contribution is -0.137. The normalized spacial score (nSPS) is 12.0. The first-order valence-electron chi connectivity index (χ1n) is 8.91. The van der Waals surface area contributed by atoms with Crippen molar-refractivity contribution in [3.8, 4) is 11.8 Å². The van der Waals surface area contributed by atoms with Crippen LogP contribution in [0.2, 0.25) is 10.0 Å². The minimum atomic E-state index is -4.64. The van der Waals surface area contributed by atoms with Crippen LogP contribution in [0.15, 0.2) is 17.1 Å². The van der Waals surface area contributed by atoms with Gasteiger partial charge in [0.05, 0.1) is 35.2 Å². The van der Waals surface area contributed by atoms with Crippen LogP contribution < -0.4 is 5.30 Å². The second-order valence-electron chi connectivity index (χ2n) is 6.13. The van der Waals surface area contributed by atoms with Crippen LogP contribution in [0.25, 0.3) is 5.69 Å². The van der Waals surface area contributed by atoms with E-state index in [-0.39, 0.29) is 32.5 Å². The van der Waals surface area contributed by atoms with E-state index in [1.54, 1.807) is 32.8 Å². The smallest absolute Gasteiger partial charge is 0.369 e. The van der Waals surface area contributed by atoms with E-state index >= 15 is 0 Å². The van der Waals surface area contributed by atoms with Crippen LogP contribution in [0.1, 0.15) is 25.1 Å². The van der Waals surface area contributed by atoms with Crippen LogP contribution in [0.4, 0.5) is 19.0 Å². The molecule has 31 heavy (non-hydrogen) atoms. The SMILES string of the molecule is CCOP(OCC)c1c(C#N)nn(-c2c(Cl)cc(C(F)(F)F)cc2Cl)c1/N=C/N(C)C. The Morgan fingerprint density at radius 1 is 1.23 bits per heavy atom. The Bertz CT molecular complexity index is 976. The van der Waals surface area contributed by atoms with Crippen LogP contribution in [0.5, 0.6) is 0 Å². The Balaban J connectivity index is 2.84. The van der Waals surface area contributed by atoms with Crippen LogP contribution in [0, 0.1) is 11.3 Å². The zero-order chi connectivity index (χ0) is 23.3. The molecule has 168 valence electrons. The minimum absolute atomic E-state index is 0.0482. The molecule has 0 aliphatic heterocycles. The summed E-state index contributed by atoms with van der Waals surface area (Å²) >= 11 is 12.3. The van der Waals surface area contributed by atoms with Crippen molar-refractivity contribution in [2.75, 3.05) is 27.3 Å². The maximum absolute atomic E-state index is 13.1. The van der Waals surface area contributed by atoms with E-state index in [0.29, 0.717) is 13.2 Å². The third-order valence-electron chi connectivity index (χ3n) is 3.58. The van der Waals surface area contributed by atoms with E-state index < -0.39 is 20.1 Å². The molecule has 0 amide bonds. The molecule has 2 rings (SSSR count). The van der Waals surface area contributed by atoms with Gasteiger partial charge < -0.3 is 13.9 Å². The number of nitrogens with zero attached hydrogens (tertiary/aromatic N) is 5. The van der Waals surface area contributed by atoms with E-state index in [9.17, 15) is 18.4 Å². The largest absolute Gasteiger partial charge is 0.416 e. The number of rotatable bonds is 8. The number of nitriles is 1. The number of aromatic nitrogens is 2. The number of hydrogen-bond donors (Lipinski definition) is 0. The molecule has 0 bridgehead atoms. The van der Waals surface area contributed by atoms with Gasteiger partial charge in [0.25, 0.3) is 0 Å². The van der Waals surface area contributed by atoms with Gasteiger partial charge in [-0.3, -0.25) is 0 Å². The van der Waals surface area contributed by atoms with Crippen molar-refractivity contribution >= 4 is 49.0 Å². The van der Waals surface area contributed by atoms with Gasteiger partial charge in [0.1, 0.15) is 17.1 Å². The van der Waals surface area contributed by atoms with Gasteiger partial charge in [0, 0.05) is 14.1 Å². The van der Waals surface area contributed by atoms with Crippen molar-refractivity contribution in [3.63, 3.8) is 0 Å². The summed E-state index contributed by atoms with van der Waals surface area (Å²) in [6.45, 7) is 4.11. The Morgan fingerprint density at radius 2 is 1.77 bits per heavy atom. The average molecular weight is 496 g/mol. The molecule has 0 radical (unpaired) electrons. The third kappa shape index (κ3) is 5.88. The van der Waals surface area contributed by atoms with E-state index in [4.69, 9.17) is 32.2 Å². The highest BCUT2D eigenvalue weighted by Crippen LogP contribution is 2.44. The lowest BCUT2D eigenvalue weighted by Crippen LogP contribution is -2.12. The molecule has 2 aromatic rings. The Morgan fingerprint density at radius 3 is 2.19 bits per heavy atom. The van der Waals surface area contributed by atoms with Crippen molar-refractivity contribution in [2.24, 2.45) is 4.99 Å². The van der Waals surface area contributed by atoms with Crippen LogP contribution in [0.3, 0.4) is 0 Å². The first-order chi connectivity index (χ1) is 14.5. The van der Waals surface area contributed by atoms with Gasteiger partial charge in [-0.25, -0.2) is 9.67 Å². The predicted molar refractivity (Wildman–Crippen MR) is 115 cm³/mol. The van der Waals surface area contributed by atoms with E-state index in [1.165, 1.54) is 6.34 Å². The molecule has 7 nitrogen and oxygen atoms in total. The van der Waals surface area contributed by atoms with Crippen LogP contribution >= 0.6 is 31.6 Å². The summed E-state index contributed by atoms with van der Waals surface area (Å²) in [5, 5.41) is 13.5. The average Bonchev–Trinajstić information content (AvgIpc) is 3.03. The topological polar surface area (TPSA) is 75.7 Å². The van der Waals surface area contributed by atoms with Crippen molar-refractivity contribution in [1.29, 1.82) is 5.26 Å². The molecule has 1 aromatic heterocycles. The Kier molecular flexibility index (Phi) is 8.69. The summed E-state index contributed by atoms with van der Waals surface area (Å²) in [6.07, 6.45) is -3.20. The van der Waals surface area contributed by atoms with Gasteiger partial charge in [-0.2, -0.15) is 23.5 Å². The zero-order valence-electron chi connectivity index (χ0n) is 17.0. The van der Waals surface area contributed by atoms with Gasteiger partial charge in [-0.15, -0.1) is 0 Å². The van der Waals surface area contributed by atoms with Crippen LogP contribution in [-0.4, -0.2) is 48.3 Å². The highest BCUT2D eigenvalue weighted by molar-refractivity contribution is 7.56. The Labute approximate surface area is 188 Å². The molecule has 1 heterocycles. The second kappa shape index (κ2) is 10.6. The van der Waals surface area contributed by atoms with Gasteiger partial charge in [-0.1, -0.05) is 23.2 Å². The summed E-state index contributed by atoms with van der Waals surface area (Å²) in [5.74, 6) is 0.113. The maximum atomic E-state index is 13.1. The molecule has 1 aromatic carbocycles. The summed E-state index contributed by atoms with van der Waals surface area (Å²) in [5.41, 5.74) is -1.12. The fraction of sp³-hybridized carbons (Fsp3) is 0.389. The number of halogens is 5. The first kappa shape index (κ1) is 25.4. The number of aliphatic imine (C=N–C) groups is 1. The fourth-order valence-electron chi connectivity index (χ4n) is 2.42. The zero-order valence-corrected chi connectivity index (χ0v) is 19.4. The molecule has 0 saturated heterocycles. The first-order valence-corrected chi connectivity index (χ1v) is 10.8. The van der Waals surface area contributed by atoms with E-state index in [1.807, 2.05) is 6.07 Å². The van der Waals surface area contributed by atoms with Crippen molar-refractivity contribution in [3.05, 3.63) is 33.4 Å². The Hall–Kier alpha value is -1.89. The standard InChI is InChI=1S/C18H19Cl2F3N5O2P/c1-5-29-31(30-6-2)16-14(9-24)26-28(17(16)25-10-27(3)4)15-12(19)7-11(8-13(15)20)18(21,22)23/h7-8,10H,5-6H2,1-4H3/b25-10+. The summed E-state index contributed by atoms with van der Waals surface area (Å²) < 4.78 is 51.8. The monoisotopic (exact) mass is 495 g/mol. The molecule has 13 heteroatoms. The molecule has 0 aliphatic carbocycles. The number of benzene rings is 1. The van der Waals surface area contributed by atoms with E-state index in [2.05, 4.69) is 10.1 Å². The summed E-state index contributed by atoms with van der Waals surface area (Å²) in [7, 11) is 1.69. The molecule has 0 saturated carbocycles. The highest BCUT2D eigenvalue weighted by Gasteiger charge is 2.34. The van der Waals surface area contributed by atoms with Gasteiger partial charge in [0.2, 0.25) is 8.38 Å². The molecular weight excluding hydrogens is 477 g/mol. The maximum Gasteiger partial charge on any atom is 0.416 e. The summed E-state index contributed by atoms with van der Waals surface area (Å²) in [6, 6.07) is 3.44. The van der Waals surface area contributed by atoms with Gasteiger partial charge >= 0.3 is 6.18 Å². The number of hydrogen-bond acceptors (Lipinski definition) is 5. The van der Waals surface area contributed by atoms with Gasteiger partial charge in [0.15, 0.2) is 11.5 Å². The molecule has 0 N–H and O–H groups in total. The molecule has 0 spiro atoms. The van der Waals surface area contributed by atoms with Crippen molar-refractivity contribution in [1.82, 2.24) is 14.7 Å². The lowest BCUT2D eigenvalue weighted by atomic mass is 10.2. The second-order valence-corrected chi connectivity index (χ2v) is 8.42. The highest BCUT2D eigenvalue weighted by atomic mass is 35.5. The number of alkyl halides is 3. The van der Waals surface area contributed by atoms with Crippen LogP contribution in [-0.2, 0) is 15.2 Å². The third-order valence-corrected chi connectivity index (χ3v) is 5.92. The van der Waals surface area contributed by atoms with E-state index in [0.717, 1.165) is 16.8 Å². The summed E-state index contributed by atoms with van der Waals surface area (Å²) in [4.78, 5) is 5.99. The van der Waals surface area contributed by atoms with Gasteiger partial charge in [-0.05, 0) is 26.0 Å². The van der Waals surface area contributed by atoms with Crippen molar-refractivity contribution < 1.29 is 22.2 Å². The van der Waals surface area contributed by atoms with Crippen molar-refractivity contribution in [2.45, 2.75) is 20.0 Å².